The number of nitrogen functional groups attached to an aromatic ring is 1. The van der Waals surface area contributed by atoms with Gasteiger partial charge in [0.15, 0.2) is 5.82 Å². The predicted molar refractivity (Wildman–Crippen MR) is 125 cm³/mol. The Kier molecular flexibility index (Phi) is 5.91. The third-order valence-electron chi connectivity index (χ3n) is 4.89. The molecule has 0 atom stereocenters. The molecule has 4 rings (SSSR count). The molecule has 0 unspecified atom stereocenters. The van der Waals surface area contributed by atoms with Crippen molar-refractivity contribution in [2.75, 3.05) is 18.1 Å². The van der Waals surface area contributed by atoms with Gasteiger partial charge in [-0.15, -0.1) is 0 Å². The lowest BCUT2D eigenvalue weighted by Gasteiger charge is -2.18. The summed E-state index contributed by atoms with van der Waals surface area (Å²) in [6, 6.07) is 26.4. The second kappa shape index (κ2) is 8.93. The zero-order chi connectivity index (χ0) is 21.8. The van der Waals surface area contributed by atoms with E-state index in [2.05, 4.69) is 10.4 Å². The third kappa shape index (κ3) is 4.39. The molecule has 6 nitrogen and oxygen atoms in total. The third-order valence-corrected chi connectivity index (χ3v) is 5.21. The van der Waals surface area contributed by atoms with Crippen LogP contribution in [-0.4, -0.2) is 27.8 Å². The molecule has 0 spiro atoms. The van der Waals surface area contributed by atoms with Crippen molar-refractivity contribution in [3.63, 3.8) is 0 Å². The quantitative estimate of drug-likeness (QED) is 0.441. The number of aromatic nitrogens is 2. The minimum absolute atomic E-state index is 0.286. The number of amides is 2. The average Bonchev–Trinajstić information content (AvgIpc) is 3.11. The molecule has 0 aliphatic heterocycles. The first-order valence-corrected chi connectivity index (χ1v) is 10.2. The van der Waals surface area contributed by atoms with Gasteiger partial charge in [0.05, 0.1) is 10.7 Å². The molecule has 3 aromatic carbocycles. The second-order valence-corrected chi connectivity index (χ2v) is 7.52. The summed E-state index contributed by atoms with van der Waals surface area (Å²) in [6.45, 7) is 0.464. The highest BCUT2D eigenvalue weighted by Gasteiger charge is 2.22. The van der Waals surface area contributed by atoms with Crippen LogP contribution in [0.2, 0.25) is 5.02 Å². The molecule has 156 valence electrons. The van der Waals surface area contributed by atoms with Gasteiger partial charge in [-0.3, -0.25) is 0 Å². The molecule has 2 amide bonds. The van der Waals surface area contributed by atoms with Crippen molar-refractivity contribution in [3.05, 3.63) is 95.5 Å². The highest BCUT2D eigenvalue weighted by molar-refractivity contribution is 6.32. The molecule has 7 heteroatoms. The fraction of sp³-hybridized carbons (Fsp3) is 0.0833. The number of nitrogens with two attached hydrogens (primary N) is 1. The van der Waals surface area contributed by atoms with Gasteiger partial charge in [-0.1, -0.05) is 84.4 Å². The van der Waals surface area contributed by atoms with Crippen molar-refractivity contribution < 1.29 is 4.79 Å². The molecule has 0 bridgehead atoms. The maximum atomic E-state index is 13.0. The largest absolute Gasteiger partial charge is 0.382 e. The lowest BCUT2D eigenvalue weighted by Crippen LogP contribution is -2.31. The molecule has 0 saturated heterocycles. The lowest BCUT2D eigenvalue weighted by atomic mass is 10.1. The van der Waals surface area contributed by atoms with Crippen molar-refractivity contribution >= 4 is 29.1 Å². The summed E-state index contributed by atoms with van der Waals surface area (Å²) in [6.07, 6.45) is 0. The van der Waals surface area contributed by atoms with E-state index in [-0.39, 0.29) is 6.03 Å². The van der Waals surface area contributed by atoms with Crippen LogP contribution in [-0.2, 0) is 6.54 Å². The molecule has 3 N–H and O–H groups in total. The number of benzene rings is 3. The summed E-state index contributed by atoms with van der Waals surface area (Å²) in [5.41, 5.74) is 9.96. The fourth-order valence-corrected chi connectivity index (χ4v) is 3.51. The first-order valence-electron chi connectivity index (χ1n) is 9.79. The molecular weight excluding hydrogens is 410 g/mol. The van der Waals surface area contributed by atoms with Crippen LogP contribution in [0, 0.1) is 0 Å². The standard InChI is InChI=1S/C24H22ClN5O/c1-29(16-17-10-4-2-5-11-17)24(31)27-22-21(18-12-6-3-7-13-18)28-30(23(22)26)20-15-9-8-14-19(20)25/h2-15H,16,26H2,1H3,(H,27,31). The van der Waals surface area contributed by atoms with Gasteiger partial charge in [0, 0.05) is 19.2 Å². The maximum absolute atomic E-state index is 13.0. The molecule has 0 saturated carbocycles. The van der Waals surface area contributed by atoms with Crippen molar-refractivity contribution in [2.24, 2.45) is 0 Å². The topological polar surface area (TPSA) is 76.2 Å². The first-order chi connectivity index (χ1) is 15.0. The Balaban J connectivity index is 1.70. The Labute approximate surface area is 185 Å². The molecular formula is C24H22ClN5O. The summed E-state index contributed by atoms with van der Waals surface area (Å²) in [7, 11) is 1.74. The zero-order valence-corrected chi connectivity index (χ0v) is 17.8. The minimum Gasteiger partial charge on any atom is -0.382 e. The Hall–Kier alpha value is -3.77. The first kappa shape index (κ1) is 20.5. The molecule has 0 aliphatic carbocycles. The van der Waals surface area contributed by atoms with E-state index in [0.29, 0.717) is 34.5 Å². The van der Waals surface area contributed by atoms with Crippen LogP contribution >= 0.6 is 11.6 Å². The van der Waals surface area contributed by atoms with Crippen LogP contribution < -0.4 is 11.1 Å². The summed E-state index contributed by atoms with van der Waals surface area (Å²) in [4.78, 5) is 14.6. The van der Waals surface area contributed by atoms with Crippen molar-refractivity contribution in [2.45, 2.75) is 6.54 Å². The van der Waals surface area contributed by atoms with E-state index in [0.717, 1.165) is 11.1 Å². The van der Waals surface area contributed by atoms with Crippen LogP contribution in [0.25, 0.3) is 16.9 Å². The van der Waals surface area contributed by atoms with Gasteiger partial charge in [0.25, 0.3) is 0 Å². The van der Waals surface area contributed by atoms with E-state index in [1.54, 1.807) is 22.7 Å². The van der Waals surface area contributed by atoms with Crippen molar-refractivity contribution in [1.82, 2.24) is 14.7 Å². The van der Waals surface area contributed by atoms with Gasteiger partial charge < -0.3 is 16.0 Å². The fourth-order valence-electron chi connectivity index (χ4n) is 3.29. The van der Waals surface area contributed by atoms with Gasteiger partial charge in [-0.2, -0.15) is 5.10 Å². The molecule has 0 radical (unpaired) electrons. The highest BCUT2D eigenvalue weighted by atomic mass is 35.5. The highest BCUT2D eigenvalue weighted by Crippen LogP contribution is 2.35. The van der Waals surface area contributed by atoms with E-state index in [4.69, 9.17) is 17.3 Å². The molecule has 4 aromatic rings. The van der Waals surface area contributed by atoms with E-state index in [9.17, 15) is 4.79 Å². The summed E-state index contributed by atoms with van der Waals surface area (Å²) >= 11 is 6.37. The smallest absolute Gasteiger partial charge is 0.322 e. The molecule has 0 fully saturated rings. The number of nitrogens with zero attached hydrogens (tertiary/aromatic N) is 3. The number of carbonyl (C=O) groups is 1. The second-order valence-electron chi connectivity index (χ2n) is 7.11. The van der Waals surface area contributed by atoms with Crippen LogP contribution in [0.5, 0.6) is 0 Å². The number of para-hydroxylation sites is 1. The number of hydrogen-bond donors (Lipinski definition) is 2. The zero-order valence-electron chi connectivity index (χ0n) is 17.0. The van der Waals surface area contributed by atoms with Gasteiger partial charge in [-0.25, -0.2) is 9.48 Å². The van der Waals surface area contributed by atoms with E-state index < -0.39 is 0 Å². The monoisotopic (exact) mass is 431 g/mol. The van der Waals surface area contributed by atoms with Gasteiger partial charge in [0.1, 0.15) is 11.4 Å². The average molecular weight is 432 g/mol. The molecule has 31 heavy (non-hydrogen) atoms. The van der Waals surface area contributed by atoms with Crippen molar-refractivity contribution in [1.29, 1.82) is 0 Å². The maximum Gasteiger partial charge on any atom is 0.322 e. The van der Waals surface area contributed by atoms with Crippen LogP contribution in [0.15, 0.2) is 84.9 Å². The van der Waals surface area contributed by atoms with Crippen LogP contribution in [0.1, 0.15) is 5.56 Å². The number of urea groups is 1. The number of carbonyl (C=O) groups excluding carboxylic acids is 1. The summed E-state index contributed by atoms with van der Waals surface area (Å²) < 4.78 is 1.55. The van der Waals surface area contributed by atoms with Gasteiger partial charge >= 0.3 is 6.03 Å². The number of anilines is 2. The Morgan fingerprint density at radius 3 is 2.29 bits per heavy atom. The van der Waals surface area contributed by atoms with Crippen LogP contribution in [0.4, 0.5) is 16.3 Å². The van der Waals surface area contributed by atoms with E-state index in [1.807, 2.05) is 78.9 Å². The predicted octanol–water partition coefficient (Wildman–Crippen LogP) is 5.44. The summed E-state index contributed by atoms with van der Waals surface area (Å²) in [5, 5.41) is 8.13. The number of rotatable bonds is 5. The van der Waals surface area contributed by atoms with Crippen LogP contribution in [0.3, 0.4) is 0 Å². The molecule has 1 heterocycles. The summed E-state index contributed by atoms with van der Waals surface area (Å²) in [5.74, 6) is 0.299. The number of nitrogens with one attached hydrogen (secondary N) is 1. The Morgan fingerprint density at radius 1 is 1.00 bits per heavy atom. The normalized spacial score (nSPS) is 10.6. The van der Waals surface area contributed by atoms with Crippen molar-refractivity contribution in [3.8, 4) is 16.9 Å². The van der Waals surface area contributed by atoms with E-state index in [1.165, 1.54) is 0 Å². The van der Waals surface area contributed by atoms with Gasteiger partial charge in [0.2, 0.25) is 0 Å². The number of halogens is 1. The Morgan fingerprint density at radius 2 is 1.61 bits per heavy atom. The van der Waals surface area contributed by atoms with Gasteiger partial charge in [-0.05, 0) is 17.7 Å². The SMILES string of the molecule is CN(Cc1ccccc1)C(=O)Nc1c(-c2ccccc2)nn(-c2ccccc2Cl)c1N. The lowest BCUT2D eigenvalue weighted by molar-refractivity contribution is 0.220. The van der Waals surface area contributed by atoms with E-state index >= 15 is 0 Å². The molecule has 0 aliphatic rings. The number of hydrogen-bond acceptors (Lipinski definition) is 3. The molecule has 1 aromatic heterocycles. The Bertz CT molecular complexity index is 1190. The minimum atomic E-state index is -0.286.